The molecule has 1 aliphatic rings. The zero-order valence-electron chi connectivity index (χ0n) is 29.6. The zero-order chi connectivity index (χ0) is 37.5. The van der Waals surface area contributed by atoms with Crippen LogP contribution in [-0.4, -0.2) is 58.6 Å². The highest BCUT2D eigenvalue weighted by atomic mass is 19.4. The van der Waals surface area contributed by atoms with Gasteiger partial charge in [-0.05, 0) is 54.4 Å². The lowest BCUT2D eigenvalue weighted by Gasteiger charge is -2.40. The van der Waals surface area contributed by atoms with Crippen LogP contribution in [0.4, 0.5) is 17.6 Å². The van der Waals surface area contributed by atoms with Gasteiger partial charge in [0.1, 0.15) is 17.4 Å². The Labute approximate surface area is 296 Å². The number of aryl methyl sites for hydroxylation is 1. The molecule has 278 valence electrons. The van der Waals surface area contributed by atoms with Crippen LogP contribution in [-0.2, 0) is 39.8 Å². The largest absolute Gasteiger partial charge is 0.418 e. The molecular weight excluding hydrogens is 666 g/mol. The maximum atomic E-state index is 14.6. The number of benzene rings is 2. The van der Waals surface area contributed by atoms with E-state index in [0.717, 1.165) is 6.07 Å². The maximum Gasteiger partial charge on any atom is 0.418 e. The normalized spacial score (nSPS) is 18.2. The average molecular weight is 716 g/mol. The molecule has 0 saturated heterocycles. The standard InChI is InChI=1S/C38H49F4N5O4/c1-6-22(3)32(24(5)43-18-11-19-48)46-36(51)37(17-16-30-27(21-37)26-13-10-14-28(34(26)44-30)38(40,41)42)47-35(50)33(23(4)7-2)45-31(49)20-25-12-8-9-15-29(25)39/h8-10,12-15,22-23,32-33,43-44,48H,5-7,11,16-21H2,1-4H3,(H,45,49)(H,46,51)(H,47,50)/t22?,23?,32-,33-,37+/m0/s1. The molecule has 13 heteroatoms. The van der Waals surface area contributed by atoms with Crippen molar-refractivity contribution >= 4 is 28.6 Å². The van der Waals surface area contributed by atoms with Gasteiger partial charge in [-0.25, -0.2) is 4.39 Å². The van der Waals surface area contributed by atoms with Crippen molar-refractivity contribution in [3.05, 3.63) is 82.9 Å². The van der Waals surface area contributed by atoms with Crippen molar-refractivity contribution in [1.82, 2.24) is 26.3 Å². The van der Waals surface area contributed by atoms with E-state index in [1.54, 1.807) is 19.1 Å². The molecule has 4 rings (SSSR count). The monoisotopic (exact) mass is 715 g/mol. The summed E-state index contributed by atoms with van der Waals surface area (Å²) in [6.45, 7) is 12.0. The highest BCUT2D eigenvalue weighted by Crippen LogP contribution is 2.40. The van der Waals surface area contributed by atoms with Gasteiger partial charge < -0.3 is 31.4 Å². The van der Waals surface area contributed by atoms with Crippen LogP contribution in [0.5, 0.6) is 0 Å². The molecule has 0 aliphatic heterocycles. The van der Waals surface area contributed by atoms with Crippen molar-refractivity contribution in [3.8, 4) is 0 Å². The van der Waals surface area contributed by atoms with E-state index < -0.39 is 52.9 Å². The van der Waals surface area contributed by atoms with Gasteiger partial charge in [0.25, 0.3) is 0 Å². The van der Waals surface area contributed by atoms with Crippen molar-refractivity contribution in [1.29, 1.82) is 0 Å². The number of alkyl halides is 3. The van der Waals surface area contributed by atoms with Crippen LogP contribution in [0, 0.1) is 17.7 Å². The first-order valence-electron chi connectivity index (χ1n) is 17.5. The summed E-state index contributed by atoms with van der Waals surface area (Å²) in [6.07, 6.45) is -3.21. The van der Waals surface area contributed by atoms with Gasteiger partial charge in [-0.15, -0.1) is 0 Å². The van der Waals surface area contributed by atoms with Gasteiger partial charge in [-0.2, -0.15) is 13.2 Å². The SMILES string of the molecule is C=C(NCCCO)[C@@H](NC(=O)[C@@]1(NC(=O)[C@@H](NC(=O)Cc2ccccc2F)C(C)CC)CCc2[nH]c3c(C(F)(F)F)cccc3c2C1)C(C)CC. The molecule has 5 atom stereocenters. The topological polar surface area (TPSA) is 135 Å². The molecule has 0 fully saturated rings. The first kappa shape index (κ1) is 39.4. The molecule has 51 heavy (non-hydrogen) atoms. The van der Waals surface area contributed by atoms with Crippen molar-refractivity contribution in [3.63, 3.8) is 0 Å². The Morgan fingerprint density at radius 3 is 2.33 bits per heavy atom. The Bertz CT molecular complexity index is 1720. The summed E-state index contributed by atoms with van der Waals surface area (Å²) in [7, 11) is 0. The number of aliphatic hydroxyl groups is 1. The average Bonchev–Trinajstić information content (AvgIpc) is 3.47. The first-order chi connectivity index (χ1) is 24.1. The molecule has 0 spiro atoms. The minimum atomic E-state index is -4.62. The third-order valence-corrected chi connectivity index (χ3v) is 10.1. The van der Waals surface area contributed by atoms with Crippen molar-refractivity contribution < 1.29 is 37.1 Å². The quantitative estimate of drug-likeness (QED) is 0.0866. The van der Waals surface area contributed by atoms with Gasteiger partial charge in [0.05, 0.1) is 23.5 Å². The smallest absolute Gasteiger partial charge is 0.396 e. The Morgan fingerprint density at radius 1 is 1.00 bits per heavy atom. The van der Waals surface area contributed by atoms with E-state index in [1.807, 2.05) is 20.8 Å². The fourth-order valence-corrected chi connectivity index (χ4v) is 6.65. The molecule has 0 radical (unpaired) electrons. The van der Waals surface area contributed by atoms with E-state index in [1.165, 1.54) is 24.3 Å². The van der Waals surface area contributed by atoms with Gasteiger partial charge in [0.2, 0.25) is 17.7 Å². The van der Waals surface area contributed by atoms with E-state index in [2.05, 4.69) is 32.8 Å². The Balaban J connectivity index is 1.73. The number of para-hydroxylation sites is 1. The first-order valence-corrected chi connectivity index (χ1v) is 17.5. The number of H-pyrrole nitrogens is 1. The van der Waals surface area contributed by atoms with Gasteiger partial charge in [0.15, 0.2) is 0 Å². The van der Waals surface area contributed by atoms with Gasteiger partial charge in [-0.3, -0.25) is 14.4 Å². The number of nitrogens with one attached hydrogen (secondary N) is 5. The molecule has 1 aromatic heterocycles. The molecule has 3 amide bonds. The molecule has 3 aromatic rings. The lowest BCUT2D eigenvalue weighted by atomic mass is 9.77. The molecule has 0 bridgehead atoms. The summed E-state index contributed by atoms with van der Waals surface area (Å²) in [4.78, 5) is 45.0. The van der Waals surface area contributed by atoms with E-state index >= 15 is 0 Å². The fraction of sp³-hybridized carbons (Fsp3) is 0.500. The number of hydrogen-bond acceptors (Lipinski definition) is 5. The predicted molar refractivity (Wildman–Crippen MR) is 188 cm³/mol. The van der Waals surface area contributed by atoms with Crippen LogP contribution in [0.3, 0.4) is 0 Å². The highest BCUT2D eigenvalue weighted by molar-refractivity contribution is 5.97. The molecule has 2 unspecified atom stereocenters. The second-order valence-electron chi connectivity index (χ2n) is 13.6. The van der Waals surface area contributed by atoms with Gasteiger partial charge in [-0.1, -0.05) is 77.4 Å². The van der Waals surface area contributed by atoms with Crippen LogP contribution >= 0.6 is 0 Å². The van der Waals surface area contributed by atoms with Crippen LogP contribution in [0.1, 0.15) is 75.8 Å². The van der Waals surface area contributed by atoms with Crippen LogP contribution < -0.4 is 21.3 Å². The Morgan fingerprint density at radius 2 is 1.69 bits per heavy atom. The fourth-order valence-electron chi connectivity index (χ4n) is 6.65. The van der Waals surface area contributed by atoms with E-state index in [-0.39, 0.29) is 55.2 Å². The van der Waals surface area contributed by atoms with E-state index in [0.29, 0.717) is 48.1 Å². The van der Waals surface area contributed by atoms with Gasteiger partial charge in [0, 0.05) is 36.3 Å². The minimum Gasteiger partial charge on any atom is -0.396 e. The summed E-state index contributed by atoms with van der Waals surface area (Å²) in [5, 5.41) is 21.5. The van der Waals surface area contributed by atoms with Gasteiger partial charge >= 0.3 is 6.18 Å². The minimum absolute atomic E-state index is 0.0348. The number of hydrogen-bond donors (Lipinski definition) is 6. The molecular formula is C38H49F4N5O4. The maximum absolute atomic E-state index is 14.6. The molecule has 1 heterocycles. The number of amides is 3. The Hall–Kier alpha value is -4.39. The number of halogens is 4. The Kier molecular flexibility index (Phi) is 12.9. The second-order valence-corrected chi connectivity index (χ2v) is 13.6. The summed E-state index contributed by atoms with van der Waals surface area (Å²) < 4.78 is 56.4. The van der Waals surface area contributed by atoms with Crippen LogP contribution in [0.25, 0.3) is 10.9 Å². The van der Waals surface area contributed by atoms with Crippen molar-refractivity contribution in [2.75, 3.05) is 13.2 Å². The number of fused-ring (bicyclic) bond motifs is 3. The number of carbonyl (C=O) groups is 3. The van der Waals surface area contributed by atoms with Crippen molar-refractivity contribution in [2.24, 2.45) is 11.8 Å². The number of rotatable bonds is 16. The molecule has 6 N–H and O–H groups in total. The molecule has 9 nitrogen and oxygen atoms in total. The van der Waals surface area contributed by atoms with Crippen LogP contribution in [0.15, 0.2) is 54.7 Å². The summed E-state index contributed by atoms with van der Waals surface area (Å²) in [5.74, 6) is -2.80. The van der Waals surface area contributed by atoms with E-state index in [4.69, 9.17) is 0 Å². The molecule has 1 aliphatic carbocycles. The van der Waals surface area contributed by atoms with E-state index in [9.17, 15) is 37.1 Å². The number of aromatic amines is 1. The predicted octanol–water partition coefficient (Wildman–Crippen LogP) is 5.46. The van der Waals surface area contributed by atoms with Crippen molar-refractivity contribution in [2.45, 2.75) is 96.4 Å². The number of aliphatic hydroxyl groups excluding tert-OH is 1. The second kappa shape index (κ2) is 16.8. The van der Waals surface area contributed by atoms with Crippen LogP contribution in [0.2, 0.25) is 0 Å². The molecule has 2 aromatic carbocycles. The third-order valence-electron chi connectivity index (χ3n) is 10.1. The zero-order valence-corrected chi connectivity index (χ0v) is 29.6. The summed E-state index contributed by atoms with van der Waals surface area (Å²) in [5.41, 5.74) is -0.822. The lowest BCUT2D eigenvalue weighted by molar-refractivity contribution is -0.137. The lowest BCUT2D eigenvalue weighted by Crippen LogP contribution is -2.66. The summed E-state index contributed by atoms with van der Waals surface area (Å²) in [6, 6.07) is 8.05. The number of aromatic nitrogens is 1. The molecule has 0 saturated carbocycles. The number of carbonyl (C=O) groups excluding carboxylic acids is 3. The highest BCUT2D eigenvalue weighted by Gasteiger charge is 2.47. The summed E-state index contributed by atoms with van der Waals surface area (Å²) >= 11 is 0. The third kappa shape index (κ3) is 9.10.